The summed E-state index contributed by atoms with van der Waals surface area (Å²) in [6, 6.07) is 1.97. The molecule has 0 radical (unpaired) electrons. The fourth-order valence-corrected chi connectivity index (χ4v) is 4.00. The molecule has 29 heavy (non-hydrogen) atoms. The lowest BCUT2D eigenvalue weighted by Gasteiger charge is -2.21. The molecule has 0 aliphatic rings. The highest BCUT2D eigenvalue weighted by molar-refractivity contribution is 7.86. The van der Waals surface area contributed by atoms with Crippen molar-refractivity contribution in [3.63, 3.8) is 0 Å². The Kier molecular flexibility index (Phi) is 6.21. The van der Waals surface area contributed by atoms with Gasteiger partial charge in [-0.25, -0.2) is 14.2 Å². The molecule has 3 aromatic rings. The maximum Gasteiger partial charge on any atom is 0.433 e. The summed E-state index contributed by atoms with van der Waals surface area (Å²) in [5, 5.41) is 7.17. The summed E-state index contributed by atoms with van der Waals surface area (Å²) >= 11 is 1.04. The maximum absolute atomic E-state index is 12.7. The quantitative estimate of drug-likeness (QED) is 0.498. The van der Waals surface area contributed by atoms with Crippen molar-refractivity contribution in [3.05, 3.63) is 41.1 Å². The Labute approximate surface area is 167 Å². The van der Waals surface area contributed by atoms with Gasteiger partial charge in [0.1, 0.15) is 26.6 Å². The summed E-state index contributed by atoms with van der Waals surface area (Å²) in [5.41, 5.74) is -0.848. The van der Waals surface area contributed by atoms with Crippen molar-refractivity contribution >= 4 is 28.0 Å². The second-order valence-electron chi connectivity index (χ2n) is 5.41. The Hall–Kier alpha value is -2.48. The van der Waals surface area contributed by atoms with Gasteiger partial charge in [-0.05, 0) is 12.1 Å². The molecule has 0 aliphatic carbocycles. The van der Waals surface area contributed by atoms with E-state index in [1.165, 1.54) is 16.6 Å². The van der Waals surface area contributed by atoms with E-state index in [9.17, 15) is 26.2 Å². The van der Waals surface area contributed by atoms with Gasteiger partial charge in [-0.1, -0.05) is 6.92 Å². The van der Waals surface area contributed by atoms with Crippen molar-refractivity contribution in [3.8, 4) is 10.8 Å². The number of aromatic nitrogens is 4. The van der Waals surface area contributed by atoms with Crippen LogP contribution in [0.4, 0.5) is 27.6 Å². The van der Waals surface area contributed by atoms with Crippen molar-refractivity contribution < 1.29 is 30.6 Å². The van der Waals surface area contributed by atoms with Gasteiger partial charge in [-0.2, -0.15) is 22.0 Å². The first kappa shape index (κ1) is 21.2. The van der Waals surface area contributed by atoms with Crippen LogP contribution in [-0.4, -0.2) is 30.1 Å². The molecule has 0 fully saturated rings. The van der Waals surface area contributed by atoms with Crippen LogP contribution in [0.25, 0.3) is 10.8 Å². The first-order valence-electron chi connectivity index (χ1n) is 7.95. The molecule has 1 unspecified atom stereocenters. The van der Waals surface area contributed by atoms with Gasteiger partial charge < -0.3 is 4.42 Å². The van der Waals surface area contributed by atoms with E-state index in [4.69, 9.17) is 4.42 Å². The number of anilines is 1. The molecule has 0 N–H and O–H groups in total. The van der Waals surface area contributed by atoms with Gasteiger partial charge in [0.25, 0.3) is 11.8 Å². The van der Waals surface area contributed by atoms with E-state index in [1.54, 1.807) is 6.92 Å². The molecule has 0 bridgehead atoms. The number of nitrogens with zero attached hydrogens (tertiary/aromatic N) is 5. The zero-order valence-electron chi connectivity index (χ0n) is 14.6. The van der Waals surface area contributed by atoms with Crippen molar-refractivity contribution in [1.29, 1.82) is 0 Å². The molecule has 0 saturated heterocycles. The van der Waals surface area contributed by atoms with Crippen LogP contribution in [0, 0.1) is 0 Å². The number of thiazole rings is 1. The van der Waals surface area contributed by atoms with E-state index in [1.807, 2.05) is 0 Å². The minimum Gasteiger partial charge on any atom is -0.414 e. The molecule has 3 heterocycles. The highest BCUT2D eigenvalue weighted by Crippen LogP contribution is 2.31. The summed E-state index contributed by atoms with van der Waals surface area (Å²) in [6.07, 6.45) is -5.17. The van der Waals surface area contributed by atoms with Crippen LogP contribution in [0.3, 0.4) is 0 Å². The Morgan fingerprint density at radius 2 is 1.97 bits per heavy atom. The summed E-state index contributed by atoms with van der Waals surface area (Å²) in [4.78, 5) is 7.82. The van der Waals surface area contributed by atoms with Crippen LogP contribution in [-0.2, 0) is 23.7 Å². The van der Waals surface area contributed by atoms with Gasteiger partial charge in [-0.3, -0.25) is 4.31 Å². The molecule has 0 amide bonds. The van der Waals surface area contributed by atoms with Gasteiger partial charge in [0.2, 0.25) is 0 Å². The molecule has 14 heteroatoms. The Morgan fingerprint density at radius 3 is 2.52 bits per heavy atom. The monoisotopic (exact) mass is 453 g/mol. The number of pyridine rings is 1. The molecule has 1 atom stereocenters. The standard InChI is InChI=1S/C15H12F5N5O2S2/c1-2-29(26)25(8-3-4-10(21-5-8)15(18,19)20)7-11-22-6-9(28-11)13-23-24-14(27-13)12(16)17/h3-6,12H,2,7H2,1H3. The fraction of sp³-hybridized carbons (Fsp3) is 0.333. The van der Waals surface area contributed by atoms with Crippen LogP contribution in [0.1, 0.15) is 29.9 Å². The fourth-order valence-electron chi connectivity index (χ4n) is 2.17. The van der Waals surface area contributed by atoms with Crippen molar-refractivity contribution in [2.75, 3.05) is 10.1 Å². The predicted octanol–water partition coefficient (Wildman–Crippen LogP) is 4.23. The molecule has 7 nitrogen and oxygen atoms in total. The van der Waals surface area contributed by atoms with Crippen LogP contribution in [0.15, 0.2) is 28.9 Å². The summed E-state index contributed by atoms with van der Waals surface area (Å²) < 4.78 is 81.8. The molecule has 0 saturated carbocycles. The second-order valence-corrected chi connectivity index (χ2v) is 8.19. The molecule has 0 aliphatic heterocycles. The van der Waals surface area contributed by atoms with Gasteiger partial charge in [0.15, 0.2) is 0 Å². The normalized spacial score (nSPS) is 13.1. The SMILES string of the molecule is CCS(=O)N(Cc1ncc(-c2nnc(C(F)F)o2)s1)c1ccc(C(F)(F)F)nc1. The molecule has 156 valence electrons. The summed E-state index contributed by atoms with van der Waals surface area (Å²) in [5.74, 6) is -0.747. The van der Waals surface area contributed by atoms with E-state index >= 15 is 0 Å². The maximum atomic E-state index is 12.7. The van der Waals surface area contributed by atoms with Gasteiger partial charge in [-0.15, -0.1) is 21.5 Å². The van der Waals surface area contributed by atoms with E-state index in [-0.39, 0.29) is 23.9 Å². The number of hydrogen-bond donors (Lipinski definition) is 0. The number of alkyl halides is 5. The average Bonchev–Trinajstić information content (AvgIpc) is 3.34. The first-order valence-corrected chi connectivity index (χ1v) is 10.0. The third-order valence-electron chi connectivity index (χ3n) is 3.49. The molecule has 3 aromatic heterocycles. The lowest BCUT2D eigenvalue weighted by Crippen LogP contribution is -2.26. The number of rotatable bonds is 7. The topological polar surface area (TPSA) is 85.0 Å². The van der Waals surface area contributed by atoms with Crippen LogP contribution in [0.2, 0.25) is 0 Å². The summed E-state index contributed by atoms with van der Waals surface area (Å²) in [7, 11) is -1.55. The third-order valence-corrected chi connectivity index (χ3v) is 5.79. The number of hydrogen-bond acceptors (Lipinski definition) is 7. The second kappa shape index (κ2) is 8.49. The van der Waals surface area contributed by atoms with Gasteiger partial charge in [0, 0.05) is 5.75 Å². The molecular weight excluding hydrogens is 441 g/mol. The third kappa shape index (κ3) is 4.93. The first-order chi connectivity index (χ1) is 13.7. The minimum absolute atomic E-state index is 0.00595. The molecular formula is C15H12F5N5O2S2. The van der Waals surface area contributed by atoms with Crippen molar-refractivity contribution in [1.82, 2.24) is 20.2 Å². The highest BCUT2D eigenvalue weighted by Gasteiger charge is 2.32. The molecule has 3 rings (SSSR count). The van der Waals surface area contributed by atoms with Gasteiger partial charge in [0.05, 0.1) is 24.6 Å². The van der Waals surface area contributed by atoms with E-state index in [2.05, 4.69) is 20.2 Å². The van der Waals surface area contributed by atoms with Crippen LogP contribution >= 0.6 is 11.3 Å². The minimum atomic E-state index is -4.58. The van der Waals surface area contributed by atoms with E-state index < -0.39 is 35.2 Å². The van der Waals surface area contributed by atoms with E-state index in [0.29, 0.717) is 9.88 Å². The van der Waals surface area contributed by atoms with Crippen molar-refractivity contribution in [2.24, 2.45) is 0 Å². The number of halogens is 5. The Morgan fingerprint density at radius 1 is 1.21 bits per heavy atom. The van der Waals surface area contributed by atoms with E-state index in [0.717, 1.165) is 23.6 Å². The molecule has 0 spiro atoms. The van der Waals surface area contributed by atoms with Crippen molar-refractivity contribution in [2.45, 2.75) is 26.1 Å². The summed E-state index contributed by atoms with van der Waals surface area (Å²) in [6.45, 7) is 1.65. The van der Waals surface area contributed by atoms with Crippen LogP contribution < -0.4 is 4.31 Å². The largest absolute Gasteiger partial charge is 0.433 e. The predicted molar refractivity (Wildman–Crippen MR) is 94.5 cm³/mol. The molecule has 0 aromatic carbocycles. The lowest BCUT2D eigenvalue weighted by atomic mass is 10.3. The smallest absolute Gasteiger partial charge is 0.414 e. The average molecular weight is 453 g/mol. The van der Waals surface area contributed by atoms with Gasteiger partial charge >= 0.3 is 12.6 Å². The highest BCUT2D eigenvalue weighted by atomic mass is 32.2. The lowest BCUT2D eigenvalue weighted by molar-refractivity contribution is -0.141. The zero-order chi connectivity index (χ0) is 21.2. The Balaban J connectivity index is 1.82. The Bertz CT molecular complexity index is 990. The van der Waals surface area contributed by atoms with Crippen LogP contribution in [0.5, 0.6) is 0 Å². The zero-order valence-corrected chi connectivity index (χ0v) is 16.2.